The Morgan fingerprint density at radius 1 is 1.14 bits per heavy atom. The third-order valence-corrected chi connectivity index (χ3v) is 6.37. The maximum atomic E-state index is 5.87. The van der Waals surface area contributed by atoms with Crippen molar-refractivity contribution in [3.8, 4) is 5.75 Å². The zero-order chi connectivity index (χ0) is 15.4. The fraction of sp³-hybridized carbons (Fsp3) is 0.700. The van der Waals surface area contributed by atoms with Gasteiger partial charge in [0.1, 0.15) is 5.75 Å². The second-order valence-corrected chi connectivity index (χ2v) is 8.39. The molecule has 1 aromatic rings. The Bertz CT molecular complexity index is 555. The highest BCUT2D eigenvalue weighted by Crippen LogP contribution is 2.60. The van der Waals surface area contributed by atoms with Crippen LogP contribution in [0.1, 0.15) is 76.5 Å². The number of methoxy groups -OCH3 is 1. The lowest BCUT2D eigenvalue weighted by Crippen LogP contribution is -2.42. The van der Waals surface area contributed by atoms with Crippen LogP contribution in [-0.2, 0) is 11.8 Å². The summed E-state index contributed by atoms with van der Waals surface area (Å²) in [5.74, 6) is 2.45. The molecule has 0 radical (unpaired) electrons. The lowest BCUT2D eigenvalue weighted by atomic mass is 9.57. The molecule has 0 saturated heterocycles. The molecule has 116 valence electrons. The maximum Gasteiger partial charge on any atom is 0.125 e. The molecule has 21 heavy (non-hydrogen) atoms. The molecule has 0 heterocycles. The Hall–Kier alpha value is -0.980. The minimum absolute atomic E-state index is 0.347. The van der Waals surface area contributed by atoms with Crippen LogP contribution in [0.15, 0.2) is 12.1 Å². The van der Waals surface area contributed by atoms with E-state index < -0.39 is 0 Å². The summed E-state index contributed by atoms with van der Waals surface area (Å²) in [6.45, 7) is 12.0. The minimum atomic E-state index is 0.347. The number of benzene rings is 1. The van der Waals surface area contributed by atoms with Gasteiger partial charge in [0, 0.05) is 0 Å². The number of fused-ring (bicyclic) bond motifs is 3. The van der Waals surface area contributed by atoms with Gasteiger partial charge in [-0.25, -0.2) is 0 Å². The summed E-state index contributed by atoms with van der Waals surface area (Å²) < 4.78 is 5.87. The third-order valence-electron chi connectivity index (χ3n) is 6.37. The first-order valence-electron chi connectivity index (χ1n) is 8.51. The fourth-order valence-electron chi connectivity index (χ4n) is 5.23. The summed E-state index contributed by atoms with van der Waals surface area (Å²) in [5, 5.41) is 0. The van der Waals surface area contributed by atoms with Crippen LogP contribution in [-0.4, -0.2) is 7.11 Å². The van der Waals surface area contributed by atoms with Crippen LogP contribution in [0, 0.1) is 11.3 Å². The smallest absolute Gasteiger partial charge is 0.125 e. The summed E-state index contributed by atoms with van der Waals surface area (Å²) in [4.78, 5) is 0. The summed E-state index contributed by atoms with van der Waals surface area (Å²) in [6, 6.07) is 4.73. The summed E-state index contributed by atoms with van der Waals surface area (Å²) in [6.07, 6.45) is 5.25. The van der Waals surface area contributed by atoms with Gasteiger partial charge in [-0.1, -0.05) is 53.2 Å². The molecule has 0 spiro atoms. The van der Waals surface area contributed by atoms with Crippen molar-refractivity contribution >= 4 is 0 Å². The second-order valence-electron chi connectivity index (χ2n) is 8.39. The molecule has 1 heteroatoms. The van der Waals surface area contributed by atoms with Gasteiger partial charge in [0.2, 0.25) is 0 Å². The molecule has 0 amide bonds. The molecule has 2 aliphatic rings. The first-order valence-corrected chi connectivity index (χ1v) is 8.51. The Morgan fingerprint density at radius 2 is 1.86 bits per heavy atom. The topological polar surface area (TPSA) is 9.23 Å². The Labute approximate surface area is 130 Å². The quantitative estimate of drug-likeness (QED) is 0.701. The van der Waals surface area contributed by atoms with Crippen LogP contribution in [0.5, 0.6) is 5.75 Å². The molecular weight excluding hydrogens is 256 g/mol. The van der Waals surface area contributed by atoms with Gasteiger partial charge in [-0.15, -0.1) is 0 Å². The van der Waals surface area contributed by atoms with E-state index in [9.17, 15) is 0 Å². The van der Waals surface area contributed by atoms with Crippen molar-refractivity contribution in [1.29, 1.82) is 0 Å². The van der Waals surface area contributed by atoms with E-state index in [1.807, 2.05) is 7.11 Å². The fourth-order valence-corrected chi connectivity index (χ4v) is 5.23. The molecule has 1 nitrogen and oxygen atoms in total. The molecule has 2 atom stereocenters. The number of hydrogen-bond donors (Lipinski definition) is 0. The van der Waals surface area contributed by atoms with Crippen molar-refractivity contribution in [2.45, 2.75) is 71.6 Å². The van der Waals surface area contributed by atoms with E-state index in [1.165, 1.54) is 42.6 Å². The molecule has 0 unspecified atom stereocenters. The van der Waals surface area contributed by atoms with Crippen molar-refractivity contribution in [3.63, 3.8) is 0 Å². The highest BCUT2D eigenvalue weighted by molar-refractivity contribution is 5.54. The number of rotatable bonds is 2. The Kier molecular flexibility index (Phi) is 3.39. The summed E-state index contributed by atoms with van der Waals surface area (Å²) >= 11 is 0. The highest BCUT2D eigenvalue weighted by Gasteiger charge is 2.52. The molecule has 1 fully saturated rings. The third kappa shape index (κ3) is 2.04. The first kappa shape index (κ1) is 14.9. The van der Waals surface area contributed by atoms with E-state index in [1.54, 1.807) is 5.56 Å². The normalized spacial score (nSPS) is 30.1. The van der Waals surface area contributed by atoms with Crippen LogP contribution >= 0.6 is 0 Å². The van der Waals surface area contributed by atoms with Crippen LogP contribution < -0.4 is 4.74 Å². The predicted molar refractivity (Wildman–Crippen MR) is 89.3 cm³/mol. The molecule has 0 aliphatic heterocycles. The lowest BCUT2D eigenvalue weighted by molar-refractivity contribution is 0.0701. The average molecular weight is 286 g/mol. The molecule has 0 bridgehead atoms. The first-order chi connectivity index (χ1) is 9.81. The van der Waals surface area contributed by atoms with E-state index in [0.717, 1.165) is 5.92 Å². The Morgan fingerprint density at radius 3 is 2.48 bits per heavy atom. The van der Waals surface area contributed by atoms with Crippen molar-refractivity contribution in [2.75, 3.05) is 7.11 Å². The monoisotopic (exact) mass is 286 g/mol. The van der Waals surface area contributed by atoms with E-state index >= 15 is 0 Å². The van der Waals surface area contributed by atoms with Gasteiger partial charge in [0.15, 0.2) is 0 Å². The summed E-state index contributed by atoms with van der Waals surface area (Å²) in [7, 11) is 1.84. The molecule has 3 rings (SSSR count). The highest BCUT2D eigenvalue weighted by atomic mass is 16.5. The van der Waals surface area contributed by atoms with E-state index in [0.29, 0.717) is 16.7 Å². The summed E-state index contributed by atoms with van der Waals surface area (Å²) in [5.41, 5.74) is 5.23. The molecule has 1 saturated carbocycles. The van der Waals surface area contributed by atoms with Crippen molar-refractivity contribution in [2.24, 2.45) is 11.3 Å². The lowest BCUT2D eigenvalue weighted by Gasteiger charge is -2.47. The van der Waals surface area contributed by atoms with Gasteiger partial charge in [0.25, 0.3) is 0 Å². The van der Waals surface area contributed by atoms with Crippen molar-refractivity contribution in [1.82, 2.24) is 0 Å². The van der Waals surface area contributed by atoms with Gasteiger partial charge >= 0.3 is 0 Å². The molecule has 1 aromatic carbocycles. The van der Waals surface area contributed by atoms with Gasteiger partial charge in [0.05, 0.1) is 7.11 Å². The zero-order valence-electron chi connectivity index (χ0n) is 14.5. The minimum Gasteiger partial charge on any atom is -0.496 e. The molecule has 0 aromatic heterocycles. The van der Waals surface area contributed by atoms with Crippen LogP contribution in [0.3, 0.4) is 0 Å². The standard InChI is InChI=1S/C20H30O/c1-13(2)14-8-9-16-15(18(14)21-6)12-17-19(3,4)10-7-11-20(16,17)5/h8-9,13,17H,7,10-12H2,1-6H3/t17-,20+/m0/s1. The van der Waals surface area contributed by atoms with Crippen LogP contribution in [0.4, 0.5) is 0 Å². The maximum absolute atomic E-state index is 5.87. The largest absolute Gasteiger partial charge is 0.496 e. The number of hydrogen-bond acceptors (Lipinski definition) is 1. The molecule has 2 aliphatic carbocycles. The SMILES string of the molecule is COc1c(C(C)C)ccc2c1C[C@H]1C(C)(C)CCC[C@]21C. The molecular formula is C20H30O. The van der Waals surface area contributed by atoms with Gasteiger partial charge in [-0.2, -0.15) is 0 Å². The van der Waals surface area contributed by atoms with Crippen molar-refractivity contribution in [3.05, 3.63) is 28.8 Å². The zero-order valence-corrected chi connectivity index (χ0v) is 14.5. The van der Waals surface area contributed by atoms with Crippen molar-refractivity contribution < 1.29 is 4.74 Å². The van der Waals surface area contributed by atoms with E-state index in [4.69, 9.17) is 4.74 Å². The number of ether oxygens (including phenoxy) is 1. The Balaban J connectivity index is 2.16. The van der Waals surface area contributed by atoms with Gasteiger partial charge in [-0.3, -0.25) is 0 Å². The van der Waals surface area contributed by atoms with E-state index in [-0.39, 0.29) is 0 Å². The van der Waals surface area contributed by atoms with Crippen LogP contribution in [0.2, 0.25) is 0 Å². The van der Waals surface area contributed by atoms with Gasteiger partial charge < -0.3 is 4.74 Å². The van der Waals surface area contributed by atoms with Crippen LogP contribution in [0.25, 0.3) is 0 Å². The molecule has 0 N–H and O–H groups in total. The van der Waals surface area contributed by atoms with E-state index in [2.05, 4.69) is 46.8 Å². The second kappa shape index (κ2) is 4.76. The predicted octanol–water partition coefficient (Wildman–Crippen LogP) is 5.46. The van der Waals surface area contributed by atoms with Gasteiger partial charge in [-0.05, 0) is 58.6 Å². The average Bonchev–Trinajstić information content (AvgIpc) is 2.72.